The zero-order valence-corrected chi connectivity index (χ0v) is 19.4. The van der Waals surface area contributed by atoms with E-state index in [1.807, 2.05) is 6.92 Å². The molecule has 30 heavy (non-hydrogen) atoms. The van der Waals surface area contributed by atoms with Crippen molar-refractivity contribution in [1.29, 1.82) is 0 Å². The lowest BCUT2D eigenvalue weighted by Crippen LogP contribution is -2.56. The molecule has 3 N–H and O–H groups in total. The second-order valence-corrected chi connectivity index (χ2v) is 9.74. The van der Waals surface area contributed by atoms with Crippen LogP contribution in [0.1, 0.15) is 52.4 Å². The standard InChI is InChI=1S/C21H34BrN3O5/c1-3-5-9-24-19(28)17-21-12-13(22)16(30-21)14(18(27)23-8-4-2)15(21)20(29)25(17)10-6-7-11-26/h13-17,26H,3-12H2,1-2H3,(H,23,27)(H,24,28)/t13?,14-,15+,16-,17?,21?/m1/s1. The first kappa shape index (κ1) is 23.5. The number of nitrogens with one attached hydrogen (secondary N) is 2. The summed E-state index contributed by atoms with van der Waals surface area (Å²) in [5.74, 6) is -1.81. The minimum Gasteiger partial charge on any atom is -0.396 e. The van der Waals surface area contributed by atoms with Gasteiger partial charge < -0.3 is 25.4 Å². The number of halogens is 1. The number of carbonyl (C=O) groups is 3. The minimum atomic E-state index is -0.986. The van der Waals surface area contributed by atoms with Crippen molar-refractivity contribution < 1.29 is 24.2 Å². The van der Waals surface area contributed by atoms with Crippen LogP contribution < -0.4 is 10.6 Å². The van der Waals surface area contributed by atoms with E-state index in [4.69, 9.17) is 9.84 Å². The normalized spacial score (nSPS) is 34.3. The van der Waals surface area contributed by atoms with E-state index in [0.717, 1.165) is 19.3 Å². The number of likely N-dealkylation sites (tertiary alicyclic amines) is 1. The third kappa shape index (κ3) is 4.00. The molecule has 3 fully saturated rings. The maximum atomic E-state index is 13.5. The van der Waals surface area contributed by atoms with Crippen LogP contribution in [0.2, 0.25) is 0 Å². The average Bonchev–Trinajstić information content (AvgIpc) is 3.30. The van der Waals surface area contributed by atoms with Crippen molar-refractivity contribution in [2.75, 3.05) is 26.2 Å². The summed E-state index contributed by atoms with van der Waals surface area (Å²) < 4.78 is 6.38. The first-order valence-electron chi connectivity index (χ1n) is 11.2. The molecule has 0 saturated carbocycles. The Morgan fingerprint density at radius 1 is 1.17 bits per heavy atom. The predicted octanol–water partition coefficient (Wildman–Crippen LogP) is 0.949. The molecule has 3 unspecified atom stereocenters. The summed E-state index contributed by atoms with van der Waals surface area (Å²) in [5, 5.41) is 15.0. The number of ether oxygens (including phenoxy) is 1. The molecular formula is C21H34BrN3O5. The van der Waals surface area contributed by atoms with E-state index >= 15 is 0 Å². The van der Waals surface area contributed by atoms with Gasteiger partial charge in [0.05, 0.1) is 17.9 Å². The predicted molar refractivity (Wildman–Crippen MR) is 115 cm³/mol. The van der Waals surface area contributed by atoms with Crippen LogP contribution in [0.4, 0.5) is 0 Å². The topological polar surface area (TPSA) is 108 Å². The first-order valence-corrected chi connectivity index (χ1v) is 12.1. The summed E-state index contributed by atoms with van der Waals surface area (Å²) in [7, 11) is 0. The first-order chi connectivity index (χ1) is 14.4. The van der Waals surface area contributed by atoms with Crippen molar-refractivity contribution in [3.8, 4) is 0 Å². The lowest BCUT2D eigenvalue weighted by Gasteiger charge is -2.34. The van der Waals surface area contributed by atoms with Gasteiger partial charge in [-0.3, -0.25) is 14.4 Å². The molecule has 6 atom stereocenters. The molecule has 170 valence electrons. The highest BCUT2D eigenvalue weighted by molar-refractivity contribution is 9.09. The molecule has 2 bridgehead atoms. The maximum absolute atomic E-state index is 13.5. The van der Waals surface area contributed by atoms with E-state index < -0.39 is 29.6 Å². The van der Waals surface area contributed by atoms with Crippen molar-refractivity contribution in [2.24, 2.45) is 11.8 Å². The van der Waals surface area contributed by atoms with Crippen molar-refractivity contribution >= 4 is 33.7 Å². The fraction of sp³-hybridized carbons (Fsp3) is 0.857. The van der Waals surface area contributed by atoms with Gasteiger partial charge in [-0.1, -0.05) is 36.2 Å². The van der Waals surface area contributed by atoms with Crippen LogP contribution in [0.3, 0.4) is 0 Å². The fourth-order valence-electron chi connectivity index (χ4n) is 5.22. The van der Waals surface area contributed by atoms with Crippen LogP contribution in [-0.2, 0) is 19.1 Å². The Kier molecular flexibility index (Phi) is 7.79. The summed E-state index contributed by atoms with van der Waals surface area (Å²) >= 11 is 3.65. The molecule has 3 amide bonds. The Bertz CT molecular complexity index is 663. The minimum absolute atomic E-state index is 0.0358. The summed E-state index contributed by atoms with van der Waals surface area (Å²) in [6, 6.07) is -0.750. The Morgan fingerprint density at radius 2 is 1.90 bits per heavy atom. The van der Waals surface area contributed by atoms with Gasteiger partial charge in [-0.15, -0.1) is 0 Å². The molecule has 8 nitrogen and oxygen atoms in total. The van der Waals surface area contributed by atoms with Crippen LogP contribution in [-0.4, -0.2) is 76.5 Å². The Morgan fingerprint density at radius 3 is 2.57 bits per heavy atom. The second-order valence-electron chi connectivity index (χ2n) is 8.56. The number of alkyl halides is 1. The molecular weight excluding hydrogens is 454 g/mol. The van der Waals surface area contributed by atoms with Gasteiger partial charge in [-0.2, -0.15) is 0 Å². The molecule has 3 rings (SSSR count). The third-order valence-corrected chi connectivity index (χ3v) is 7.37. The number of aliphatic hydroxyl groups excluding tert-OH is 1. The zero-order chi connectivity index (χ0) is 21.9. The Balaban J connectivity index is 1.91. The Hall–Kier alpha value is -1.19. The SMILES string of the molecule is CCCCNC(=O)C1N(CCCCO)C(=O)[C@@H]2[C@@H](C(=O)NCCC)[C@@H]3OC12CC3Br. The van der Waals surface area contributed by atoms with Crippen LogP contribution >= 0.6 is 15.9 Å². The molecule has 0 aromatic carbocycles. The van der Waals surface area contributed by atoms with Crippen molar-refractivity contribution in [2.45, 2.75) is 74.9 Å². The van der Waals surface area contributed by atoms with Crippen LogP contribution in [0.25, 0.3) is 0 Å². The van der Waals surface area contributed by atoms with Crippen molar-refractivity contribution in [1.82, 2.24) is 15.5 Å². The molecule has 3 saturated heterocycles. The summed E-state index contributed by atoms with van der Waals surface area (Å²) in [6.45, 7) is 5.53. The molecule has 9 heteroatoms. The fourth-order valence-corrected chi connectivity index (χ4v) is 6.16. The monoisotopic (exact) mass is 487 g/mol. The van der Waals surface area contributed by atoms with Crippen LogP contribution in [0.15, 0.2) is 0 Å². The molecule has 0 aromatic rings. The average molecular weight is 488 g/mol. The summed E-state index contributed by atoms with van der Waals surface area (Å²) in [4.78, 5) is 41.2. The lowest BCUT2D eigenvalue weighted by molar-refractivity contribution is -0.142. The lowest BCUT2D eigenvalue weighted by atomic mass is 9.70. The highest BCUT2D eigenvalue weighted by Crippen LogP contribution is 2.59. The molecule has 0 aliphatic carbocycles. The van der Waals surface area contributed by atoms with Gasteiger partial charge >= 0.3 is 0 Å². The van der Waals surface area contributed by atoms with Gasteiger partial charge in [0.25, 0.3) is 0 Å². The number of rotatable bonds is 11. The molecule has 1 spiro atoms. The third-order valence-electron chi connectivity index (χ3n) is 6.53. The van der Waals surface area contributed by atoms with E-state index in [1.54, 1.807) is 4.90 Å². The molecule has 3 aliphatic rings. The summed E-state index contributed by atoms with van der Waals surface area (Å²) in [5.41, 5.74) is -0.986. The quantitative estimate of drug-likeness (QED) is 0.297. The van der Waals surface area contributed by atoms with Crippen LogP contribution in [0, 0.1) is 11.8 Å². The molecule has 3 aliphatic heterocycles. The van der Waals surface area contributed by atoms with E-state index in [9.17, 15) is 14.4 Å². The number of carbonyl (C=O) groups excluding carboxylic acids is 3. The van der Waals surface area contributed by atoms with Crippen molar-refractivity contribution in [3.63, 3.8) is 0 Å². The second kappa shape index (κ2) is 9.96. The number of aliphatic hydroxyl groups is 1. The van der Waals surface area contributed by atoms with Gasteiger partial charge in [0, 0.05) is 31.1 Å². The highest BCUT2D eigenvalue weighted by atomic mass is 79.9. The number of amides is 3. The van der Waals surface area contributed by atoms with E-state index in [0.29, 0.717) is 38.9 Å². The number of unbranched alkanes of at least 4 members (excludes halogenated alkanes) is 2. The van der Waals surface area contributed by atoms with E-state index in [-0.39, 0.29) is 29.2 Å². The van der Waals surface area contributed by atoms with Crippen LogP contribution in [0.5, 0.6) is 0 Å². The molecule has 3 heterocycles. The van der Waals surface area contributed by atoms with E-state index in [1.165, 1.54) is 0 Å². The number of fused-ring (bicyclic) bond motifs is 1. The Labute approximate surface area is 186 Å². The van der Waals surface area contributed by atoms with Crippen molar-refractivity contribution in [3.05, 3.63) is 0 Å². The number of hydrogen-bond acceptors (Lipinski definition) is 5. The van der Waals surface area contributed by atoms with Gasteiger partial charge in [0.15, 0.2) is 0 Å². The van der Waals surface area contributed by atoms with Gasteiger partial charge in [0.2, 0.25) is 17.7 Å². The number of nitrogens with zero attached hydrogens (tertiary/aromatic N) is 1. The van der Waals surface area contributed by atoms with Gasteiger partial charge in [0.1, 0.15) is 11.6 Å². The highest BCUT2D eigenvalue weighted by Gasteiger charge is 2.76. The molecule has 0 radical (unpaired) electrons. The van der Waals surface area contributed by atoms with Gasteiger partial charge in [-0.25, -0.2) is 0 Å². The summed E-state index contributed by atoms with van der Waals surface area (Å²) in [6.07, 6.45) is 3.88. The zero-order valence-electron chi connectivity index (χ0n) is 17.9. The van der Waals surface area contributed by atoms with E-state index in [2.05, 4.69) is 33.5 Å². The number of hydrogen-bond donors (Lipinski definition) is 3. The maximum Gasteiger partial charge on any atom is 0.245 e. The molecule has 0 aromatic heterocycles. The smallest absolute Gasteiger partial charge is 0.245 e. The largest absolute Gasteiger partial charge is 0.396 e. The van der Waals surface area contributed by atoms with Gasteiger partial charge in [-0.05, 0) is 32.1 Å².